The molecule has 0 aromatic heterocycles. The predicted molar refractivity (Wildman–Crippen MR) is 78.9 cm³/mol. The first-order valence-electron chi connectivity index (χ1n) is 7.38. The Balaban J connectivity index is 2.28. The maximum absolute atomic E-state index is 14.2. The van der Waals surface area contributed by atoms with E-state index in [0.717, 1.165) is 18.4 Å². The second-order valence-electron chi connectivity index (χ2n) is 5.72. The summed E-state index contributed by atoms with van der Waals surface area (Å²) in [7, 11) is 2.01. The Kier molecular flexibility index (Phi) is 4.81. The van der Waals surface area contributed by atoms with Crippen LogP contribution in [0.15, 0.2) is 18.2 Å². The molecule has 1 aromatic carbocycles. The minimum absolute atomic E-state index is 0.140. The zero-order valence-electron chi connectivity index (χ0n) is 12.0. The number of rotatable bonds is 3. The van der Waals surface area contributed by atoms with E-state index < -0.39 is 0 Å². The summed E-state index contributed by atoms with van der Waals surface area (Å²) in [5.41, 5.74) is 7.60. The first-order valence-corrected chi connectivity index (χ1v) is 7.38. The lowest BCUT2D eigenvalue weighted by Gasteiger charge is -2.32. The van der Waals surface area contributed by atoms with Crippen LogP contribution in [-0.2, 0) is 0 Å². The summed E-state index contributed by atoms with van der Waals surface area (Å²) >= 11 is 0. The number of para-hydroxylation sites is 1. The molecule has 19 heavy (non-hydrogen) atoms. The molecule has 3 heteroatoms. The van der Waals surface area contributed by atoms with Gasteiger partial charge in [0.1, 0.15) is 5.82 Å². The van der Waals surface area contributed by atoms with Crippen molar-refractivity contribution in [1.29, 1.82) is 0 Å². The van der Waals surface area contributed by atoms with Gasteiger partial charge in [-0.05, 0) is 31.4 Å². The van der Waals surface area contributed by atoms with Crippen LogP contribution in [0.1, 0.15) is 57.1 Å². The van der Waals surface area contributed by atoms with Crippen molar-refractivity contribution in [2.45, 2.75) is 57.5 Å². The van der Waals surface area contributed by atoms with E-state index in [-0.39, 0.29) is 11.9 Å². The molecule has 0 saturated heterocycles. The number of benzene rings is 1. The molecule has 106 valence electrons. The fraction of sp³-hybridized carbons (Fsp3) is 0.625. The fourth-order valence-corrected chi connectivity index (χ4v) is 3.10. The van der Waals surface area contributed by atoms with Crippen LogP contribution in [0, 0.1) is 5.82 Å². The monoisotopic (exact) mass is 264 g/mol. The summed E-state index contributed by atoms with van der Waals surface area (Å²) in [4.78, 5) is 2.12. The topological polar surface area (TPSA) is 29.3 Å². The Bertz CT molecular complexity index is 409. The molecule has 0 bridgehead atoms. The van der Waals surface area contributed by atoms with E-state index in [1.807, 2.05) is 20.0 Å². The predicted octanol–water partition coefficient (Wildman–Crippen LogP) is 4.00. The first-order chi connectivity index (χ1) is 9.11. The second kappa shape index (κ2) is 6.38. The molecule has 1 aliphatic carbocycles. The van der Waals surface area contributed by atoms with Crippen molar-refractivity contribution in [3.05, 3.63) is 29.6 Å². The van der Waals surface area contributed by atoms with Gasteiger partial charge in [-0.25, -0.2) is 4.39 Å². The molecule has 0 unspecified atom stereocenters. The van der Waals surface area contributed by atoms with E-state index >= 15 is 0 Å². The summed E-state index contributed by atoms with van der Waals surface area (Å²) in [6.07, 6.45) is 7.42. The highest BCUT2D eigenvalue weighted by Gasteiger charge is 2.22. The molecule has 2 rings (SSSR count). The van der Waals surface area contributed by atoms with Crippen LogP contribution in [0.5, 0.6) is 0 Å². The molecule has 1 fully saturated rings. The van der Waals surface area contributed by atoms with Crippen molar-refractivity contribution >= 4 is 5.69 Å². The SMILES string of the molecule is C[C@@H](N)c1cccc(F)c1N(C)C1CCCCCC1. The minimum atomic E-state index is -0.151. The van der Waals surface area contributed by atoms with Crippen LogP contribution in [0.4, 0.5) is 10.1 Å². The summed E-state index contributed by atoms with van der Waals surface area (Å²) in [6, 6.07) is 5.53. The smallest absolute Gasteiger partial charge is 0.146 e. The zero-order chi connectivity index (χ0) is 13.8. The first kappa shape index (κ1) is 14.3. The Morgan fingerprint density at radius 2 is 1.84 bits per heavy atom. The van der Waals surface area contributed by atoms with Crippen molar-refractivity contribution in [2.24, 2.45) is 5.73 Å². The van der Waals surface area contributed by atoms with E-state index in [2.05, 4.69) is 4.90 Å². The molecule has 0 heterocycles. The average Bonchev–Trinajstić information content (AvgIpc) is 2.66. The molecular formula is C16H25FN2. The second-order valence-corrected chi connectivity index (χ2v) is 5.72. The standard InChI is InChI=1S/C16H25FN2/c1-12(18)14-10-7-11-15(17)16(14)19(2)13-8-5-3-4-6-9-13/h7,10-13H,3-6,8-9,18H2,1-2H3/t12-/m1/s1. The molecule has 0 spiro atoms. The van der Waals surface area contributed by atoms with Gasteiger partial charge in [-0.3, -0.25) is 0 Å². The van der Waals surface area contributed by atoms with Gasteiger partial charge < -0.3 is 10.6 Å². The normalized spacial score (nSPS) is 18.9. The average molecular weight is 264 g/mol. The van der Waals surface area contributed by atoms with Gasteiger partial charge in [-0.2, -0.15) is 0 Å². The van der Waals surface area contributed by atoms with Crippen LogP contribution in [-0.4, -0.2) is 13.1 Å². The van der Waals surface area contributed by atoms with Crippen molar-refractivity contribution < 1.29 is 4.39 Å². The van der Waals surface area contributed by atoms with Gasteiger partial charge in [0, 0.05) is 19.1 Å². The van der Waals surface area contributed by atoms with Crippen LogP contribution in [0.25, 0.3) is 0 Å². The molecule has 0 amide bonds. The molecular weight excluding hydrogens is 239 g/mol. The Hall–Kier alpha value is -1.09. The van der Waals surface area contributed by atoms with Gasteiger partial charge in [-0.15, -0.1) is 0 Å². The van der Waals surface area contributed by atoms with Crippen LogP contribution >= 0.6 is 0 Å². The number of hydrogen-bond acceptors (Lipinski definition) is 2. The number of nitrogens with zero attached hydrogens (tertiary/aromatic N) is 1. The van der Waals surface area contributed by atoms with Gasteiger partial charge in [0.05, 0.1) is 5.69 Å². The van der Waals surface area contributed by atoms with Gasteiger partial charge in [0.25, 0.3) is 0 Å². The Morgan fingerprint density at radius 1 is 1.21 bits per heavy atom. The molecule has 2 nitrogen and oxygen atoms in total. The van der Waals surface area contributed by atoms with Gasteiger partial charge in [0.2, 0.25) is 0 Å². The quantitative estimate of drug-likeness (QED) is 0.836. The summed E-state index contributed by atoms with van der Waals surface area (Å²) in [5.74, 6) is -0.151. The largest absolute Gasteiger partial charge is 0.369 e. The minimum Gasteiger partial charge on any atom is -0.369 e. The van der Waals surface area contributed by atoms with Crippen molar-refractivity contribution in [1.82, 2.24) is 0 Å². The van der Waals surface area contributed by atoms with E-state index in [1.54, 1.807) is 6.07 Å². The lowest BCUT2D eigenvalue weighted by molar-refractivity contribution is 0.534. The van der Waals surface area contributed by atoms with Crippen molar-refractivity contribution in [2.75, 3.05) is 11.9 Å². The van der Waals surface area contributed by atoms with E-state index in [4.69, 9.17) is 5.73 Å². The zero-order valence-corrected chi connectivity index (χ0v) is 12.0. The number of halogens is 1. The lowest BCUT2D eigenvalue weighted by atomic mass is 10.0. The molecule has 0 radical (unpaired) electrons. The maximum atomic E-state index is 14.2. The number of hydrogen-bond donors (Lipinski definition) is 1. The summed E-state index contributed by atoms with van der Waals surface area (Å²) < 4.78 is 14.2. The van der Waals surface area contributed by atoms with Crippen molar-refractivity contribution in [3.8, 4) is 0 Å². The third kappa shape index (κ3) is 3.27. The summed E-state index contributed by atoms with van der Waals surface area (Å²) in [5, 5.41) is 0. The van der Waals surface area contributed by atoms with E-state index in [0.29, 0.717) is 11.7 Å². The Morgan fingerprint density at radius 3 is 2.42 bits per heavy atom. The van der Waals surface area contributed by atoms with E-state index in [9.17, 15) is 4.39 Å². The molecule has 1 aliphatic rings. The molecule has 1 aromatic rings. The van der Waals surface area contributed by atoms with Gasteiger partial charge >= 0.3 is 0 Å². The highest BCUT2D eigenvalue weighted by atomic mass is 19.1. The van der Waals surface area contributed by atoms with Crippen LogP contribution in [0.3, 0.4) is 0 Å². The fourth-order valence-electron chi connectivity index (χ4n) is 3.10. The molecule has 1 saturated carbocycles. The highest BCUT2D eigenvalue weighted by molar-refractivity contribution is 5.56. The third-order valence-electron chi connectivity index (χ3n) is 4.23. The van der Waals surface area contributed by atoms with Crippen LogP contribution in [0.2, 0.25) is 0 Å². The number of nitrogens with two attached hydrogens (primary N) is 1. The van der Waals surface area contributed by atoms with E-state index in [1.165, 1.54) is 31.7 Å². The maximum Gasteiger partial charge on any atom is 0.146 e. The van der Waals surface area contributed by atoms with Gasteiger partial charge in [-0.1, -0.05) is 37.8 Å². The third-order valence-corrected chi connectivity index (χ3v) is 4.23. The van der Waals surface area contributed by atoms with Crippen molar-refractivity contribution in [3.63, 3.8) is 0 Å². The Labute approximate surface area is 115 Å². The molecule has 0 aliphatic heterocycles. The molecule has 1 atom stereocenters. The molecule has 2 N–H and O–H groups in total. The summed E-state index contributed by atoms with van der Waals surface area (Å²) in [6.45, 7) is 1.92. The van der Waals surface area contributed by atoms with Crippen LogP contribution < -0.4 is 10.6 Å². The lowest BCUT2D eigenvalue weighted by Crippen LogP contribution is -2.33. The van der Waals surface area contributed by atoms with Gasteiger partial charge in [0.15, 0.2) is 0 Å². The highest BCUT2D eigenvalue weighted by Crippen LogP contribution is 2.32. The number of anilines is 1.